The molecular weight excluding hydrogens is 304 g/mol. The second kappa shape index (κ2) is 5.49. The molecule has 0 radical (unpaired) electrons. The summed E-state index contributed by atoms with van der Waals surface area (Å²) in [5.74, 6) is 1.23. The Hall–Kier alpha value is -2.28. The van der Waals surface area contributed by atoms with Crippen molar-refractivity contribution in [2.24, 2.45) is 5.10 Å². The number of nitrogens with zero attached hydrogens (tertiary/aromatic N) is 2. The van der Waals surface area contributed by atoms with E-state index in [-0.39, 0.29) is 0 Å². The first-order chi connectivity index (χ1) is 10.5. The van der Waals surface area contributed by atoms with Gasteiger partial charge in [-0.3, -0.25) is 0 Å². The van der Waals surface area contributed by atoms with Gasteiger partial charge in [0, 0.05) is 12.0 Å². The van der Waals surface area contributed by atoms with Gasteiger partial charge in [0.2, 0.25) is 10.0 Å². The maximum absolute atomic E-state index is 12.0. The molecule has 7 heteroatoms. The predicted octanol–water partition coefficient (Wildman–Crippen LogP) is 2.40. The Morgan fingerprint density at radius 2 is 2.05 bits per heavy atom. The maximum Gasteiger partial charge on any atom is 0.247 e. The summed E-state index contributed by atoms with van der Waals surface area (Å²) in [6.07, 6.45) is 3.09. The lowest BCUT2D eigenvalue weighted by molar-refractivity contribution is 0.322. The number of methoxy groups -OCH3 is 1. The van der Waals surface area contributed by atoms with Gasteiger partial charge in [-0.1, -0.05) is 12.1 Å². The molecule has 1 aromatic carbocycles. The summed E-state index contributed by atoms with van der Waals surface area (Å²) in [5, 5.41) is 4.30. The zero-order valence-electron chi connectivity index (χ0n) is 12.3. The molecule has 22 heavy (non-hydrogen) atoms. The molecule has 116 valence electrons. The summed E-state index contributed by atoms with van der Waals surface area (Å²) in [4.78, 5) is 0. The monoisotopic (exact) mass is 320 g/mol. The van der Waals surface area contributed by atoms with Gasteiger partial charge in [0.25, 0.3) is 0 Å². The molecule has 1 aliphatic rings. The van der Waals surface area contributed by atoms with E-state index in [1.54, 1.807) is 19.2 Å². The van der Waals surface area contributed by atoms with Gasteiger partial charge in [-0.05, 0) is 24.3 Å². The number of sulfonamides is 1. The van der Waals surface area contributed by atoms with Crippen LogP contribution in [0.5, 0.6) is 5.75 Å². The lowest BCUT2D eigenvalue weighted by Gasteiger charge is -2.18. The third-order valence-corrected chi connectivity index (χ3v) is 4.52. The molecular formula is C15H16N2O4S. The molecule has 6 nitrogen and oxygen atoms in total. The number of para-hydroxylation sites is 1. The van der Waals surface area contributed by atoms with E-state index in [1.807, 2.05) is 24.3 Å². The minimum absolute atomic E-state index is 0.432. The third kappa shape index (κ3) is 2.59. The molecule has 0 saturated heterocycles. The van der Waals surface area contributed by atoms with Gasteiger partial charge in [0.1, 0.15) is 17.6 Å². The lowest BCUT2D eigenvalue weighted by Crippen LogP contribution is -2.25. The molecule has 0 spiro atoms. The standard InChI is InChI=1S/C15H16N2O4S/c1-20-14-7-4-3-6-11(14)12-10-13(15-8-5-9-21-15)17(16-12)22(2,18)19/h3-9,13H,10H2,1-2H3. The van der Waals surface area contributed by atoms with Crippen molar-refractivity contribution in [2.45, 2.75) is 12.5 Å². The lowest BCUT2D eigenvalue weighted by atomic mass is 10.0. The van der Waals surface area contributed by atoms with E-state index in [0.29, 0.717) is 23.6 Å². The zero-order valence-corrected chi connectivity index (χ0v) is 13.1. The average Bonchev–Trinajstić information content (AvgIpc) is 3.15. The molecule has 3 rings (SSSR count). The van der Waals surface area contributed by atoms with Crippen LogP contribution in [0.3, 0.4) is 0 Å². The van der Waals surface area contributed by atoms with E-state index in [0.717, 1.165) is 16.2 Å². The molecule has 2 heterocycles. The summed E-state index contributed by atoms with van der Waals surface area (Å²) < 4.78 is 35.8. The molecule has 1 unspecified atom stereocenters. The van der Waals surface area contributed by atoms with Crippen molar-refractivity contribution in [2.75, 3.05) is 13.4 Å². The molecule has 0 amide bonds. The van der Waals surface area contributed by atoms with Crippen LogP contribution in [0.25, 0.3) is 0 Å². The highest BCUT2D eigenvalue weighted by molar-refractivity contribution is 7.88. The molecule has 1 aromatic heterocycles. The van der Waals surface area contributed by atoms with Crippen LogP contribution in [0.1, 0.15) is 23.8 Å². The fourth-order valence-corrected chi connectivity index (χ4v) is 3.42. The first kappa shape index (κ1) is 14.6. The third-order valence-electron chi connectivity index (χ3n) is 3.50. The van der Waals surface area contributed by atoms with Gasteiger partial charge in [-0.2, -0.15) is 9.52 Å². The Bertz CT molecular complexity index is 797. The molecule has 0 saturated carbocycles. The number of hydrazone groups is 1. The van der Waals surface area contributed by atoms with Crippen molar-refractivity contribution < 1.29 is 17.6 Å². The van der Waals surface area contributed by atoms with Crippen LogP contribution in [0.15, 0.2) is 52.2 Å². The molecule has 0 fully saturated rings. The van der Waals surface area contributed by atoms with Crippen LogP contribution in [0.4, 0.5) is 0 Å². The van der Waals surface area contributed by atoms with Gasteiger partial charge in [-0.15, -0.1) is 0 Å². The summed E-state index contributed by atoms with van der Waals surface area (Å²) in [7, 11) is -1.92. The van der Waals surface area contributed by atoms with Gasteiger partial charge in [-0.25, -0.2) is 8.42 Å². The second-order valence-corrected chi connectivity index (χ2v) is 6.86. The summed E-state index contributed by atoms with van der Waals surface area (Å²) >= 11 is 0. The average molecular weight is 320 g/mol. The van der Waals surface area contributed by atoms with Gasteiger partial charge < -0.3 is 9.15 Å². The van der Waals surface area contributed by atoms with E-state index in [9.17, 15) is 8.42 Å². The van der Waals surface area contributed by atoms with Crippen LogP contribution >= 0.6 is 0 Å². The predicted molar refractivity (Wildman–Crippen MR) is 82.3 cm³/mol. The number of furan rings is 1. The minimum atomic E-state index is -3.49. The SMILES string of the molecule is COc1ccccc1C1=NN(S(C)(=O)=O)C(c2ccco2)C1. The topological polar surface area (TPSA) is 72.1 Å². The smallest absolute Gasteiger partial charge is 0.247 e. The fraction of sp³-hybridized carbons (Fsp3) is 0.267. The Morgan fingerprint density at radius 1 is 1.27 bits per heavy atom. The number of rotatable bonds is 4. The zero-order chi connectivity index (χ0) is 15.7. The Labute approximate surface area is 129 Å². The first-order valence-electron chi connectivity index (χ1n) is 6.74. The molecule has 1 atom stereocenters. The van der Waals surface area contributed by atoms with Gasteiger partial charge in [0.05, 0.1) is 25.3 Å². The van der Waals surface area contributed by atoms with Crippen LogP contribution < -0.4 is 4.74 Å². The van der Waals surface area contributed by atoms with Crippen LogP contribution in [-0.2, 0) is 10.0 Å². The van der Waals surface area contributed by atoms with Crippen molar-refractivity contribution in [1.82, 2.24) is 4.41 Å². The van der Waals surface area contributed by atoms with E-state index in [2.05, 4.69) is 5.10 Å². The molecule has 0 bridgehead atoms. The number of benzene rings is 1. The van der Waals surface area contributed by atoms with E-state index < -0.39 is 16.1 Å². The van der Waals surface area contributed by atoms with Crippen molar-refractivity contribution in [3.63, 3.8) is 0 Å². The van der Waals surface area contributed by atoms with E-state index in [4.69, 9.17) is 9.15 Å². The molecule has 2 aromatic rings. The normalized spacial score (nSPS) is 18.4. The number of ether oxygens (including phenoxy) is 1. The van der Waals surface area contributed by atoms with Gasteiger partial charge >= 0.3 is 0 Å². The number of hydrogen-bond donors (Lipinski definition) is 0. The highest BCUT2D eigenvalue weighted by atomic mass is 32.2. The van der Waals surface area contributed by atoms with Crippen LogP contribution in [-0.4, -0.2) is 31.9 Å². The molecule has 0 aliphatic carbocycles. The van der Waals surface area contributed by atoms with Crippen molar-refractivity contribution in [1.29, 1.82) is 0 Å². The first-order valence-corrected chi connectivity index (χ1v) is 8.59. The minimum Gasteiger partial charge on any atom is -0.496 e. The summed E-state index contributed by atoms with van der Waals surface area (Å²) in [6, 6.07) is 10.4. The fourth-order valence-electron chi connectivity index (χ4n) is 2.53. The Kier molecular flexibility index (Phi) is 3.66. The second-order valence-electron chi connectivity index (χ2n) is 5.02. The van der Waals surface area contributed by atoms with Crippen LogP contribution in [0, 0.1) is 0 Å². The van der Waals surface area contributed by atoms with Crippen molar-refractivity contribution in [3.8, 4) is 5.75 Å². The summed E-state index contributed by atoms with van der Waals surface area (Å²) in [6.45, 7) is 0. The maximum atomic E-state index is 12.0. The van der Waals surface area contributed by atoms with E-state index in [1.165, 1.54) is 6.26 Å². The largest absolute Gasteiger partial charge is 0.496 e. The highest BCUT2D eigenvalue weighted by Crippen LogP contribution is 2.36. The molecule has 1 aliphatic heterocycles. The van der Waals surface area contributed by atoms with Crippen molar-refractivity contribution >= 4 is 15.7 Å². The Balaban J connectivity index is 2.04. The van der Waals surface area contributed by atoms with Gasteiger partial charge in [0.15, 0.2) is 0 Å². The highest BCUT2D eigenvalue weighted by Gasteiger charge is 2.36. The summed E-state index contributed by atoms with van der Waals surface area (Å²) in [5.41, 5.74) is 1.44. The molecule has 0 N–H and O–H groups in total. The van der Waals surface area contributed by atoms with Crippen LogP contribution in [0.2, 0.25) is 0 Å². The van der Waals surface area contributed by atoms with Crippen molar-refractivity contribution in [3.05, 3.63) is 54.0 Å². The Morgan fingerprint density at radius 3 is 2.68 bits per heavy atom. The van der Waals surface area contributed by atoms with E-state index >= 15 is 0 Å². The number of hydrogen-bond acceptors (Lipinski definition) is 5. The quantitative estimate of drug-likeness (QED) is 0.867.